The molecule has 0 aromatic carbocycles. The molecule has 2 heteroatoms. The Morgan fingerprint density at radius 1 is 0.917 bits per heavy atom. The van der Waals surface area contributed by atoms with Gasteiger partial charge in [0.05, 0.1) is 18.3 Å². The molecule has 0 N–H and O–H groups in total. The van der Waals surface area contributed by atoms with Gasteiger partial charge in [0, 0.05) is 0 Å². The molecule has 2 nitrogen and oxygen atoms in total. The van der Waals surface area contributed by atoms with Crippen molar-refractivity contribution in [2.24, 2.45) is 0 Å². The minimum atomic E-state index is 0.445. The quantitative estimate of drug-likeness (QED) is 0.404. The Hall–Kier alpha value is -0.340. The van der Waals surface area contributed by atoms with Gasteiger partial charge in [-0.05, 0) is 25.7 Å². The molecule has 2 saturated heterocycles. The van der Waals surface area contributed by atoms with Crippen LogP contribution >= 0.6 is 0 Å². The van der Waals surface area contributed by atoms with Crippen LogP contribution < -0.4 is 0 Å². The third kappa shape index (κ3) is 1.29. The van der Waals surface area contributed by atoms with E-state index in [-0.39, 0.29) is 0 Å². The summed E-state index contributed by atoms with van der Waals surface area (Å²) in [5, 5.41) is 0. The van der Waals surface area contributed by atoms with Crippen LogP contribution in [0.1, 0.15) is 25.7 Å². The van der Waals surface area contributed by atoms with Crippen molar-refractivity contribution < 1.29 is 9.47 Å². The van der Waals surface area contributed by atoms with Crippen molar-refractivity contribution in [3.05, 3.63) is 12.2 Å². The standard InChI is InChI=1S/C10H14O2/c1-2-4-8-10(12-8)6-5-9-7(3-1)11-9/h1,3,7-10H,2,4-6H2. The Bertz CT molecular complexity index is 212. The molecule has 0 radical (unpaired) electrons. The second kappa shape index (κ2) is 2.57. The summed E-state index contributed by atoms with van der Waals surface area (Å²) in [6.45, 7) is 0. The average Bonchev–Trinajstić information content (AvgIpc) is 2.95. The van der Waals surface area contributed by atoms with E-state index in [1.807, 2.05) is 0 Å². The van der Waals surface area contributed by atoms with Crippen LogP contribution in [0.15, 0.2) is 12.2 Å². The lowest BCUT2D eigenvalue weighted by molar-refractivity contribution is 0.334. The van der Waals surface area contributed by atoms with E-state index >= 15 is 0 Å². The Balaban J connectivity index is 1.64. The van der Waals surface area contributed by atoms with Crippen LogP contribution in [0.25, 0.3) is 0 Å². The molecule has 0 bridgehead atoms. The van der Waals surface area contributed by atoms with Crippen molar-refractivity contribution in [1.82, 2.24) is 0 Å². The van der Waals surface area contributed by atoms with Crippen LogP contribution in [0.3, 0.4) is 0 Å². The number of ether oxygens (including phenoxy) is 2. The summed E-state index contributed by atoms with van der Waals surface area (Å²) < 4.78 is 11.0. The van der Waals surface area contributed by atoms with Gasteiger partial charge in [0.25, 0.3) is 0 Å². The molecule has 1 aliphatic carbocycles. The Labute approximate surface area is 72.5 Å². The zero-order chi connectivity index (χ0) is 7.97. The molecule has 66 valence electrons. The van der Waals surface area contributed by atoms with Crippen LogP contribution in [0.2, 0.25) is 0 Å². The monoisotopic (exact) mass is 166 g/mol. The molecule has 2 aliphatic heterocycles. The average molecular weight is 166 g/mol. The fourth-order valence-electron chi connectivity index (χ4n) is 2.06. The summed E-state index contributed by atoms with van der Waals surface area (Å²) in [5.41, 5.74) is 0. The first kappa shape index (κ1) is 7.10. The number of fused-ring (bicyclic) bond motifs is 2. The number of hydrogen-bond acceptors (Lipinski definition) is 2. The summed E-state index contributed by atoms with van der Waals surface area (Å²) in [6, 6.07) is 0. The predicted octanol–water partition coefficient (Wildman–Crippen LogP) is 1.65. The number of rotatable bonds is 0. The van der Waals surface area contributed by atoms with Crippen molar-refractivity contribution in [3.8, 4) is 0 Å². The third-order valence-corrected chi connectivity index (χ3v) is 2.99. The SMILES string of the molecule is C1=CC2OC2CCC2OC2CC1. The molecule has 0 aromatic heterocycles. The van der Waals surface area contributed by atoms with Gasteiger partial charge in [0.2, 0.25) is 0 Å². The van der Waals surface area contributed by atoms with Gasteiger partial charge in [-0.25, -0.2) is 0 Å². The molecule has 0 amide bonds. The first-order valence-corrected chi connectivity index (χ1v) is 4.91. The molecule has 0 aromatic rings. The van der Waals surface area contributed by atoms with E-state index in [2.05, 4.69) is 12.2 Å². The molecule has 2 fully saturated rings. The van der Waals surface area contributed by atoms with E-state index in [1.54, 1.807) is 0 Å². The minimum absolute atomic E-state index is 0.445. The number of allylic oxidation sites excluding steroid dienone is 1. The van der Waals surface area contributed by atoms with Gasteiger partial charge in [-0.15, -0.1) is 0 Å². The molecule has 12 heavy (non-hydrogen) atoms. The summed E-state index contributed by atoms with van der Waals surface area (Å²) in [4.78, 5) is 0. The molecule has 0 saturated carbocycles. The van der Waals surface area contributed by atoms with E-state index in [4.69, 9.17) is 9.47 Å². The molecule has 3 rings (SSSR count). The lowest BCUT2D eigenvalue weighted by atomic mass is 10.1. The topological polar surface area (TPSA) is 25.1 Å². The van der Waals surface area contributed by atoms with Gasteiger partial charge in [-0.3, -0.25) is 0 Å². The Morgan fingerprint density at radius 3 is 2.75 bits per heavy atom. The van der Waals surface area contributed by atoms with E-state index in [1.165, 1.54) is 19.3 Å². The molecule has 4 unspecified atom stereocenters. The maximum Gasteiger partial charge on any atom is 0.102 e. The summed E-state index contributed by atoms with van der Waals surface area (Å²) in [5.74, 6) is 0. The van der Waals surface area contributed by atoms with Crippen LogP contribution in [-0.2, 0) is 9.47 Å². The molecular weight excluding hydrogens is 152 g/mol. The second-order valence-corrected chi connectivity index (χ2v) is 3.93. The van der Waals surface area contributed by atoms with Gasteiger partial charge < -0.3 is 9.47 Å². The minimum Gasteiger partial charge on any atom is -0.370 e. The van der Waals surface area contributed by atoms with Crippen LogP contribution in [0.5, 0.6) is 0 Å². The second-order valence-electron chi connectivity index (χ2n) is 3.93. The van der Waals surface area contributed by atoms with Gasteiger partial charge in [-0.1, -0.05) is 12.2 Å². The smallest absolute Gasteiger partial charge is 0.102 e. The van der Waals surface area contributed by atoms with Crippen molar-refractivity contribution in [2.45, 2.75) is 50.1 Å². The van der Waals surface area contributed by atoms with Crippen molar-refractivity contribution in [2.75, 3.05) is 0 Å². The highest BCUT2D eigenvalue weighted by molar-refractivity contribution is 5.04. The fraction of sp³-hybridized carbons (Fsp3) is 0.800. The summed E-state index contributed by atoms with van der Waals surface area (Å²) in [6.07, 6.45) is 11.3. The Morgan fingerprint density at radius 2 is 1.75 bits per heavy atom. The summed E-state index contributed by atoms with van der Waals surface area (Å²) >= 11 is 0. The predicted molar refractivity (Wildman–Crippen MR) is 44.9 cm³/mol. The van der Waals surface area contributed by atoms with E-state index < -0.39 is 0 Å². The van der Waals surface area contributed by atoms with E-state index in [0.717, 1.165) is 6.42 Å². The Kier molecular flexibility index (Phi) is 1.52. The first-order valence-electron chi connectivity index (χ1n) is 4.91. The van der Waals surface area contributed by atoms with Gasteiger partial charge in [-0.2, -0.15) is 0 Å². The zero-order valence-electron chi connectivity index (χ0n) is 7.11. The van der Waals surface area contributed by atoms with Crippen LogP contribution in [0.4, 0.5) is 0 Å². The maximum atomic E-state index is 5.53. The molecular formula is C10H14O2. The molecule has 4 atom stereocenters. The van der Waals surface area contributed by atoms with Crippen molar-refractivity contribution >= 4 is 0 Å². The van der Waals surface area contributed by atoms with Crippen LogP contribution in [0, 0.1) is 0 Å². The maximum absolute atomic E-state index is 5.53. The van der Waals surface area contributed by atoms with Gasteiger partial charge in [0.1, 0.15) is 6.10 Å². The zero-order valence-corrected chi connectivity index (χ0v) is 7.11. The molecule has 3 aliphatic rings. The highest BCUT2D eigenvalue weighted by Gasteiger charge is 2.42. The number of epoxide rings is 2. The van der Waals surface area contributed by atoms with Gasteiger partial charge in [0.15, 0.2) is 0 Å². The lowest BCUT2D eigenvalue weighted by Crippen LogP contribution is -1.99. The van der Waals surface area contributed by atoms with E-state index in [9.17, 15) is 0 Å². The highest BCUT2D eigenvalue weighted by atomic mass is 16.6. The fourth-order valence-corrected chi connectivity index (χ4v) is 2.06. The van der Waals surface area contributed by atoms with Gasteiger partial charge >= 0.3 is 0 Å². The third-order valence-electron chi connectivity index (χ3n) is 2.99. The van der Waals surface area contributed by atoms with Crippen LogP contribution in [-0.4, -0.2) is 24.4 Å². The van der Waals surface area contributed by atoms with Crippen molar-refractivity contribution in [1.29, 1.82) is 0 Å². The molecule has 0 spiro atoms. The van der Waals surface area contributed by atoms with Crippen molar-refractivity contribution in [3.63, 3.8) is 0 Å². The highest BCUT2D eigenvalue weighted by Crippen LogP contribution is 2.36. The van der Waals surface area contributed by atoms with E-state index in [0.29, 0.717) is 24.4 Å². The summed E-state index contributed by atoms with van der Waals surface area (Å²) in [7, 11) is 0. The first-order chi connectivity index (χ1) is 5.93. The lowest BCUT2D eigenvalue weighted by Gasteiger charge is -1.94. The largest absolute Gasteiger partial charge is 0.370 e. The number of hydrogen-bond donors (Lipinski definition) is 0. The normalized spacial score (nSPS) is 50.7. The molecule has 2 heterocycles.